The van der Waals surface area contributed by atoms with Crippen LogP contribution in [0.1, 0.15) is 25.0 Å². The second-order valence-corrected chi connectivity index (χ2v) is 12.1. The molecule has 9 rings (SSSR count). The molecule has 4 heteroatoms. The van der Waals surface area contributed by atoms with Gasteiger partial charge in [-0.25, -0.2) is 15.0 Å². The fraction of sp³-hybridized carbons (Fsp3) is 0.0750. The van der Waals surface area contributed by atoms with E-state index in [1.165, 1.54) is 27.6 Å². The maximum atomic E-state index is 6.40. The van der Waals surface area contributed by atoms with Gasteiger partial charge in [-0.3, -0.25) is 0 Å². The first-order valence-corrected chi connectivity index (χ1v) is 15.0. The van der Waals surface area contributed by atoms with E-state index < -0.39 is 0 Å². The minimum atomic E-state index is -0.114. The van der Waals surface area contributed by atoms with Crippen LogP contribution < -0.4 is 0 Å². The lowest BCUT2D eigenvalue weighted by atomic mass is 9.82. The zero-order valence-corrected chi connectivity index (χ0v) is 24.4. The summed E-state index contributed by atoms with van der Waals surface area (Å²) in [5.74, 6) is 1.92. The molecule has 6 aromatic carbocycles. The lowest BCUT2D eigenvalue weighted by molar-refractivity contribution is 0.660. The van der Waals surface area contributed by atoms with E-state index >= 15 is 0 Å². The van der Waals surface area contributed by atoms with Crippen molar-refractivity contribution in [3.63, 3.8) is 0 Å². The number of fused-ring (bicyclic) bond motifs is 7. The Morgan fingerprint density at radius 3 is 1.95 bits per heavy atom. The average molecular weight is 566 g/mol. The second-order valence-electron chi connectivity index (χ2n) is 12.1. The van der Waals surface area contributed by atoms with Crippen molar-refractivity contribution in [2.45, 2.75) is 19.3 Å². The SMILES string of the molecule is CC1(C)c2ccccc2-c2c(-c3nc(-c4ccccc4)nc(-c4ccc5c(c4)oc4cc6ccccc6cc45)n3)cccc21. The third-order valence-electron chi connectivity index (χ3n) is 9.11. The summed E-state index contributed by atoms with van der Waals surface area (Å²) in [6.07, 6.45) is 0. The van der Waals surface area contributed by atoms with Crippen molar-refractivity contribution in [2.24, 2.45) is 0 Å². The molecule has 208 valence electrons. The zero-order chi connectivity index (χ0) is 29.4. The van der Waals surface area contributed by atoms with Crippen LogP contribution in [0.3, 0.4) is 0 Å². The van der Waals surface area contributed by atoms with E-state index in [0.717, 1.165) is 44.0 Å². The van der Waals surface area contributed by atoms with E-state index in [2.05, 4.69) is 111 Å². The Labute approximate surface area is 254 Å². The minimum absolute atomic E-state index is 0.114. The molecule has 1 aliphatic rings. The molecule has 0 atom stereocenters. The molecule has 0 spiro atoms. The van der Waals surface area contributed by atoms with Crippen LogP contribution in [-0.4, -0.2) is 15.0 Å². The molecule has 0 radical (unpaired) electrons. The predicted octanol–water partition coefficient (Wildman–Crippen LogP) is 10.2. The Morgan fingerprint density at radius 1 is 0.477 bits per heavy atom. The van der Waals surface area contributed by atoms with Crippen molar-refractivity contribution in [3.05, 3.63) is 139 Å². The molecule has 4 nitrogen and oxygen atoms in total. The molecule has 0 fully saturated rings. The van der Waals surface area contributed by atoms with E-state index in [0.29, 0.717) is 17.5 Å². The maximum absolute atomic E-state index is 6.40. The van der Waals surface area contributed by atoms with E-state index in [1.807, 2.05) is 30.3 Å². The van der Waals surface area contributed by atoms with E-state index in [9.17, 15) is 0 Å². The monoisotopic (exact) mass is 565 g/mol. The van der Waals surface area contributed by atoms with Crippen molar-refractivity contribution in [2.75, 3.05) is 0 Å². The van der Waals surface area contributed by atoms with Gasteiger partial charge < -0.3 is 4.42 Å². The molecule has 0 amide bonds. The van der Waals surface area contributed by atoms with Crippen LogP contribution in [0.25, 0.3) is 78.0 Å². The van der Waals surface area contributed by atoms with Gasteiger partial charge in [0, 0.05) is 32.9 Å². The van der Waals surface area contributed by atoms with Gasteiger partial charge in [0.15, 0.2) is 17.5 Å². The van der Waals surface area contributed by atoms with Crippen LogP contribution >= 0.6 is 0 Å². The van der Waals surface area contributed by atoms with Gasteiger partial charge in [-0.2, -0.15) is 0 Å². The number of furan rings is 1. The first-order valence-electron chi connectivity index (χ1n) is 15.0. The summed E-state index contributed by atoms with van der Waals surface area (Å²) < 4.78 is 6.40. The molecule has 0 aliphatic heterocycles. The molecule has 2 heterocycles. The van der Waals surface area contributed by atoms with Gasteiger partial charge >= 0.3 is 0 Å². The summed E-state index contributed by atoms with van der Waals surface area (Å²) in [4.78, 5) is 15.2. The Balaban J connectivity index is 1.27. The van der Waals surface area contributed by atoms with E-state index in [-0.39, 0.29) is 5.41 Å². The maximum Gasteiger partial charge on any atom is 0.164 e. The molecular formula is C40H27N3O. The molecule has 44 heavy (non-hydrogen) atoms. The number of hydrogen-bond donors (Lipinski definition) is 0. The highest BCUT2D eigenvalue weighted by molar-refractivity contribution is 6.10. The summed E-state index contributed by atoms with van der Waals surface area (Å²) in [7, 11) is 0. The van der Waals surface area contributed by atoms with Crippen molar-refractivity contribution >= 4 is 32.7 Å². The minimum Gasteiger partial charge on any atom is -0.456 e. The topological polar surface area (TPSA) is 51.8 Å². The molecule has 0 N–H and O–H groups in total. The summed E-state index contributed by atoms with van der Waals surface area (Å²) in [5, 5.41) is 4.54. The van der Waals surface area contributed by atoms with Gasteiger partial charge in [0.1, 0.15) is 11.2 Å². The first-order chi connectivity index (χ1) is 21.5. The first kappa shape index (κ1) is 24.9. The van der Waals surface area contributed by atoms with Crippen molar-refractivity contribution in [1.29, 1.82) is 0 Å². The molecule has 0 saturated heterocycles. The number of rotatable bonds is 3. The molecule has 0 bridgehead atoms. The smallest absolute Gasteiger partial charge is 0.164 e. The highest BCUT2D eigenvalue weighted by atomic mass is 16.3. The van der Waals surface area contributed by atoms with Gasteiger partial charge in [0.25, 0.3) is 0 Å². The van der Waals surface area contributed by atoms with Gasteiger partial charge in [-0.05, 0) is 57.3 Å². The lowest BCUT2D eigenvalue weighted by Crippen LogP contribution is -2.14. The number of hydrogen-bond acceptors (Lipinski definition) is 4. The zero-order valence-electron chi connectivity index (χ0n) is 24.4. The van der Waals surface area contributed by atoms with Crippen molar-refractivity contribution in [1.82, 2.24) is 15.0 Å². The summed E-state index contributed by atoms with van der Waals surface area (Å²) in [5.41, 5.74) is 9.46. The van der Waals surface area contributed by atoms with Crippen molar-refractivity contribution < 1.29 is 4.42 Å². The fourth-order valence-electron chi connectivity index (χ4n) is 6.88. The number of benzene rings is 6. The number of aromatic nitrogens is 3. The molecule has 8 aromatic rings. The van der Waals surface area contributed by atoms with Crippen LogP contribution in [0, 0.1) is 0 Å². The van der Waals surface area contributed by atoms with E-state index in [1.54, 1.807) is 0 Å². The average Bonchev–Trinajstić information content (AvgIpc) is 3.54. The Morgan fingerprint density at radius 2 is 1.11 bits per heavy atom. The largest absolute Gasteiger partial charge is 0.456 e. The summed E-state index contributed by atoms with van der Waals surface area (Å²) >= 11 is 0. The second kappa shape index (κ2) is 9.19. The van der Waals surface area contributed by atoms with Crippen LogP contribution in [0.5, 0.6) is 0 Å². The number of nitrogens with zero attached hydrogens (tertiary/aromatic N) is 3. The Hall–Kier alpha value is -5.61. The summed E-state index contributed by atoms with van der Waals surface area (Å²) in [6, 6.07) is 44.3. The Kier molecular flexibility index (Phi) is 5.21. The van der Waals surface area contributed by atoms with Crippen LogP contribution in [-0.2, 0) is 5.41 Å². The fourth-order valence-corrected chi connectivity index (χ4v) is 6.88. The van der Waals surface area contributed by atoms with Gasteiger partial charge in [0.2, 0.25) is 0 Å². The van der Waals surface area contributed by atoms with Crippen LogP contribution in [0.2, 0.25) is 0 Å². The highest BCUT2D eigenvalue weighted by Crippen LogP contribution is 2.51. The third kappa shape index (κ3) is 3.67. The van der Waals surface area contributed by atoms with Gasteiger partial charge in [0.05, 0.1) is 0 Å². The quantitative estimate of drug-likeness (QED) is 0.214. The summed E-state index contributed by atoms with van der Waals surface area (Å²) in [6.45, 7) is 4.59. The predicted molar refractivity (Wildman–Crippen MR) is 178 cm³/mol. The Bertz CT molecular complexity index is 2420. The van der Waals surface area contributed by atoms with Crippen LogP contribution in [0.4, 0.5) is 0 Å². The van der Waals surface area contributed by atoms with Gasteiger partial charge in [-0.1, -0.05) is 117 Å². The standard InChI is InChI=1S/C40H27N3O/c1-40(2)32-17-9-8-15-29(32)36-30(16-10-18-33(36)40)39-42-37(24-11-4-3-5-12-24)41-38(43-39)27-19-20-28-31-21-25-13-6-7-14-26(25)22-35(31)44-34(28)23-27/h3-23H,1-2H3. The normalized spacial score (nSPS) is 13.4. The van der Waals surface area contributed by atoms with Gasteiger partial charge in [-0.15, -0.1) is 0 Å². The van der Waals surface area contributed by atoms with E-state index in [4.69, 9.17) is 19.4 Å². The third-order valence-corrected chi connectivity index (χ3v) is 9.11. The molecule has 1 aliphatic carbocycles. The molecule has 0 unspecified atom stereocenters. The molecular weight excluding hydrogens is 538 g/mol. The van der Waals surface area contributed by atoms with Crippen molar-refractivity contribution in [3.8, 4) is 45.3 Å². The molecule has 2 aromatic heterocycles. The van der Waals surface area contributed by atoms with Crippen LogP contribution in [0.15, 0.2) is 132 Å². The lowest BCUT2D eigenvalue weighted by Gasteiger charge is -2.21. The molecule has 0 saturated carbocycles. The highest BCUT2D eigenvalue weighted by Gasteiger charge is 2.37.